The highest BCUT2D eigenvalue weighted by molar-refractivity contribution is 6.33. The summed E-state index contributed by atoms with van der Waals surface area (Å²) in [5, 5.41) is 7.01. The average molecular weight is 458 g/mol. The van der Waals surface area contributed by atoms with Gasteiger partial charge in [0.1, 0.15) is 6.04 Å². The van der Waals surface area contributed by atoms with E-state index in [0.717, 1.165) is 17.0 Å². The van der Waals surface area contributed by atoms with Crippen LogP contribution in [0.3, 0.4) is 0 Å². The van der Waals surface area contributed by atoms with Gasteiger partial charge in [0.05, 0.1) is 0 Å². The molecule has 2 aromatic heterocycles. The Bertz CT molecular complexity index is 1150. The second kappa shape index (κ2) is 9.49. The fraction of sp³-hybridized carbons (Fsp3) is 0.273. The highest BCUT2D eigenvalue weighted by Gasteiger charge is 2.30. The average Bonchev–Trinajstić information content (AvgIpc) is 3.21. The van der Waals surface area contributed by atoms with Gasteiger partial charge in [0.2, 0.25) is 5.91 Å². The Morgan fingerprint density at radius 3 is 2.87 bits per heavy atom. The molecule has 0 unspecified atom stereocenters. The number of aryl methyl sites for hydroxylation is 1. The lowest BCUT2D eigenvalue weighted by atomic mass is 10.2. The fourth-order valence-electron chi connectivity index (χ4n) is 3.64. The van der Waals surface area contributed by atoms with Crippen LogP contribution in [0.25, 0.3) is 0 Å². The third kappa shape index (κ3) is 4.89. The largest absolute Gasteiger partial charge is 0.365 e. The molecule has 3 heterocycles. The second-order valence-corrected chi connectivity index (χ2v) is 8.12. The summed E-state index contributed by atoms with van der Waals surface area (Å²) < 4.78 is 1.53. The molecule has 1 atom stereocenters. The Kier molecular flexibility index (Phi) is 6.53. The molecular weight excluding hydrogens is 437 g/mol. The first-order valence-corrected chi connectivity index (χ1v) is 10.7. The van der Waals surface area contributed by atoms with E-state index >= 15 is 0 Å². The topological polar surface area (TPSA) is 88.9 Å². The van der Waals surface area contributed by atoms with Gasteiger partial charge in [0.15, 0.2) is 5.82 Å². The smallest absolute Gasteiger partial charge is 0.294 e. The first-order valence-electron chi connectivity index (χ1n) is 9.99. The van der Waals surface area contributed by atoms with Crippen molar-refractivity contribution in [3.05, 3.63) is 86.1 Å². The van der Waals surface area contributed by atoms with Crippen molar-refractivity contribution in [2.24, 2.45) is 0 Å². The summed E-state index contributed by atoms with van der Waals surface area (Å²) in [5.41, 5.74) is 2.10. The van der Waals surface area contributed by atoms with Gasteiger partial charge in [-0.05, 0) is 48.7 Å². The number of hydrogen-bond donors (Lipinski definition) is 2. The van der Waals surface area contributed by atoms with Crippen LogP contribution >= 0.6 is 23.2 Å². The van der Waals surface area contributed by atoms with Gasteiger partial charge in [-0.2, -0.15) is 0 Å². The van der Waals surface area contributed by atoms with Crippen molar-refractivity contribution < 1.29 is 4.79 Å². The van der Waals surface area contributed by atoms with Gasteiger partial charge in [-0.15, -0.1) is 0 Å². The van der Waals surface area contributed by atoms with E-state index in [1.54, 1.807) is 30.6 Å². The Balaban J connectivity index is 1.44. The zero-order valence-corrected chi connectivity index (χ0v) is 18.2. The number of pyridine rings is 1. The molecule has 0 aliphatic carbocycles. The number of hydrogen-bond acceptors (Lipinski definition) is 5. The van der Waals surface area contributed by atoms with Gasteiger partial charge < -0.3 is 10.6 Å². The van der Waals surface area contributed by atoms with Gasteiger partial charge in [0, 0.05) is 53.3 Å². The molecule has 3 aromatic rings. The summed E-state index contributed by atoms with van der Waals surface area (Å²) in [4.78, 5) is 34.4. The van der Waals surface area contributed by atoms with Crippen LogP contribution in [0.4, 0.5) is 5.82 Å². The quantitative estimate of drug-likeness (QED) is 0.567. The summed E-state index contributed by atoms with van der Waals surface area (Å²) in [5.74, 6) is -0.000190. The maximum Gasteiger partial charge on any atom is 0.294 e. The molecule has 2 N–H and O–H groups in total. The van der Waals surface area contributed by atoms with Crippen LogP contribution in [0.5, 0.6) is 0 Å². The van der Waals surface area contributed by atoms with Crippen LogP contribution in [0, 0.1) is 0 Å². The third-order valence-corrected chi connectivity index (χ3v) is 5.83. The number of carbonyl (C=O) groups excluding carboxylic acids is 1. The maximum atomic E-state index is 13.0. The number of benzene rings is 1. The van der Waals surface area contributed by atoms with Crippen LogP contribution in [0.1, 0.15) is 29.4 Å². The SMILES string of the molecule is O=C(NCc1cc(Cl)ccc1Cl)[C@@H]1CCc2cnc(NCCc3ccccn3)c(=O)n21. The summed E-state index contributed by atoms with van der Waals surface area (Å²) in [7, 11) is 0. The first-order chi connectivity index (χ1) is 15.0. The van der Waals surface area contributed by atoms with Crippen molar-refractivity contribution in [1.29, 1.82) is 0 Å². The van der Waals surface area contributed by atoms with Gasteiger partial charge in [-0.3, -0.25) is 19.1 Å². The monoisotopic (exact) mass is 457 g/mol. The molecular formula is C22H21Cl2N5O2. The molecule has 1 aliphatic heterocycles. The zero-order chi connectivity index (χ0) is 21.8. The van der Waals surface area contributed by atoms with E-state index in [1.165, 1.54) is 4.57 Å². The zero-order valence-electron chi connectivity index (χ0n) is 16.6. The van der Waals surface area contributed by atoms with E-state index in [9.17, 15) is 9.59 Å². The number of aromatic nitrogens is 3. The van der Waals surface area contributed by atoms with E-state index in [-0.39, 0.29) is 23.8 Å². The Morgan fingerprint density at radius 1 is 1.19 bits per heavy atom. The molecule has 4 rings (SSSR count). The predicted molar refractivity (Wildman–Crippen MR) is 121 cm³/mol. The van der Waals surface area contributed by atoms with Crippen LogP contribution in [-0.4, -0.2) is 27.0 Å². The summed E-state index contributed by atoms with van der Waals surface area (Å²) >= 11 is 12.2. The summed E-state index contributed by atoms with van der Waals surface area (Å²) in [6.07, 6.45) is 5.22. The van der Waals surface area contributed by atoms with Crippen molar-refractivity contribution in [2.45, 2.75) is 31.8 Å². The minimum absolute atomic E-state index is 0.234. The van der Waals surface area contributed by atoms with Gasteiger partial charge in [-0.1, -0.05) is 29.3 Å². The molecule has 9 heteroatoms. The molecule has 0 spiro atoms. The molecule has 31 heavy (non-hydrogen) atoms. The maximum absolute atomic E-state index is 13.0. The number of anilines is 1. The molecule has 1 aliphatic rings. The van der Waals surface area contributed by atoms with Crippen LogP contribution in [0.15, 0.2) is 53.6 Å². The number of fused-ring (bicyclic) bond motifs is 1. The van der Waals surface area contributed by atoms with Crippen molar-refractivity contribution in [2.75, 3.05) is 11.9 Å². The first kappa shape index (κ1) is 21.3. The Morgan fingerprint density at radius 2 is 2.06 bits per heavy atom. The van der Waals surface area contributed by atoms with E-state index in [1.807, 2.05) is 18.2 Å². The molecule has 1 aromatic carbocycles. The lowest BCUT2D eigenvalue weighted by Gasteiger charge is -2.16. The Labute approximate surface area is 189 Å². The number of rotatable bonds is 7. The van der Waals surface area contributed by atoms with Crippen molar-refractivity contribution in [3.8, 4) is 0 Å². The fourth-order valence-corrected chi connectivity index (χ4v) is 4.02. The van der Waals surface area contributed by atoms with Crippen molar-refractivity contribution in [1.82, 2.24) is 19.9 Å². The van der Waals surface area contributed by atoms with Gasteiger partial charge >= 0.3 is 0 Å². The lowest BCUT2D eigenvalue weighted by Crippen LogP contribution is -2.36. The molecule has 0 fully saturated rings. The van der Waals surface area contributed by atoms with E-state index in [2.05, 4.69) is 20.6 Å². The molecule has 160 valence electrons. The number of nitrogens with one attached hydrogen (secondary N) is 2. The number of amides is 1. The minimum atomic E-state index is -0.584. The highest BCUT2D eigenvalue weighted by atomic mass is 35.5. The third-order valence-electron chi connectivity index (χ3n) is 5.22. The lowest BCUT2D eigenvalue weighted by molar-refractivity contribution is -0.124. The highest BCUT2D eigenvalue weighted by Crippen LogP contribution is 2.25. The predicted octanol–water partition coefficient (Wildman–Crippen LogP) is 3.40. The van der Waals surface area contributed by atoms with Gasteiger partial charge in [-0.25, -0.2) is 4.98 Å². The molecule has 0 bridgehead atoms. The number of nitrogens with zero attached hydrogens (tertiary/aromatic N) is 3. The second-order valence-electron chi connectivity index (χ2n) is 7.28. The van der Waals surface area contributed by atoms with Crippen LogP contribution in [-0.2, 0) is 24.2 Å². The summed E-state index contributed by atoms with van der Waals surface area (Å²) in [6.45, 7) is 0.752. The molecule has 7 nitrogen and oxygen atoms in total. The van der Waals surface area contributed by atoms with Crippen LogP contribution in [0.2, 0.25) is 10.0 Å². The van der Waals surface area contributed by atoms with E-state index < -0.39 is 6.04 Å². The number of halogens is 2. The molecule has 0 saturated heterocycles. The minimum Gasteiger partial charge on any atom is -0.365 e. The molecule has 0 saturated carbocycles. The standard InChI is InChI=1S/C22H21Cl2N5O2/c23-15-4-6-18(24)14(11-15)12-28-21(30)19-7-5-17-13-27-20(22(31)29(17)19)26-10-8-16-3-1-2-9-25-16/h1-4,6,9,11,13,19H,5,7-8,10,12H2,(H,26,27)(H,28,30)/t19-/m0/s1. The molecule has 1 amide bonds. The summed E-state index contributed by atoms with van der Waals surface area (Å²) in [6, 6.07) is 10.2. The van der Waals surface area contributed by atoms with E-state index in [4.69, 9.17) is 23.2 Å². The Hall–Kier alpha value is -2.90. The number of carbonyl (C=O) groups is 1. The molecule has 0 radical (unpaired) electrons. The van der Waals surface area contributed by atoms with Crippen molar-refractivity contribution in [3.63, 3.8) is 0 Å². The van der Waals surface area contributed by atoms with Gasteiger partial charge in [0.25, 0.3) is 5.56 Å². The van der Waals surface area contributed by atoms with E-state index in [0.29, 0.717) is 35.9 Å². The van der Waals surface area contributed by atoms with Crippen molar-refractivity contribution >= 4 is 34.9 Å². The van der Waals surface area contributed by atoms with Crippen LogP contribution < -0.4 is 16.2 Å². The normalized spacial score (nSPS) is 14.8.